The summed E-state index contributed by atoms with van der Waals surface area (Å²) >= 11 is 0. The molecule has 1 fully saturated rings. The maximum atomic E-state index is 13.1. The van der Waals surface area contributed by atoms with Crippen LogP contribution in [0.2, 0.25) is 0 Å². The third-order valence-corrected chi connectivity index (χ3v) is 9.62. The molecule has 0 radical (unpaired) electrons. The van der Waals surface area contributed by atoms with Gasteiger partial charge in [0.2, 0.25) is 0 Å². The molecule has 1 saturated heterocycles. The lowest BCUT2D eigenvalue weighted by atomic mass is 9.97. The third-order valence-electron chi connectivity index (χ3n) is 9.62. The summed E-state index contributed by atoms with van der Waals surface area (Å²) in [6, 6.07) is 20.9. The van der Waals surface area contributed by atoms with Crippen molar-refractivity contribution in [2.75, 3.05) is 25.9 Å². The zero-order valence-corrected chi connectivity index (χ0v) is 27.7. The van der Waals surface area contributed by atoms with Gasteiger partial charge in [0.05, 0.1) is 16.8 Å². The highest BCUT2D eigenvalue weighted by Gasteiger charge is 2.27. The molecule has 10 nitrogen and oxygen atoms in total. The smallest absolute Gasteiger partial charge is 0.253 e. The topological polar surface area (TPSA) is 130 Å². The summed E-state index contributed by atoms with van der Waals surface area (Å²) in [5.41, 5.74) is 13.3. The quantitative estimate of drug-likeness (QED) is 0.187. The standard InChI is InChI=1S/C39H39N7O3/c1-25-5-9-27(10-6-25)33-15-16-34-38(42-33)46(37(43-34)32-4-3-19-41-36(32)40)31-13-7-26(8-14-31)23-45-20-17-30(18-21-45)44(2)39(49)28-11-12-29(24-47)35(48)22-28/h3-5,7-16,19,22,24-25,30,48H,6,17-18,20-21,23H2,1-2H3,(H2,40,41). The minimum atomic E-state index is -0.182. The molecule has 2 aromatic carbocycles. The molecule has 7 rings (SSSR count). The predicted octanol–water partition coefficient (Wildman–Crippen LogP) is 6.30. The maximum Gasteiger partial charge on any atom is 0.253 e. The lowest BCUT2D eigenvalue weighted by Crippen LogP contribution is -2.45. The van der Waals surface area contributed by atoms with E-state index in [4.69, 9.17) is 15.7 Å². The SMILES string of the molecule is CC1C=CC(c2ccc3nc(-c4cccnc4N)n(-c4ccc(CN5CCC(N(C)C(=O)c6ccc(C=O)c(O)c6)CC5)cc4)c3n2)=CC1. The van der Waals surface area contributed by atoms with Crippen molar-refractivity contribution in [2.45, 2.75) is 38.8 Å². The van der Waals surface area contributed by atoms with Crippen molar-refractivity contribution in [2.24, 2.45) is 5.92 Å². The van der Waals surface area contributed by atoms with Gasteiger partial charge in [-0.05, 0) is 90.9 Å². The van der Waals surface area contributed by atoms with E-state index in [-0.39, 0.29) is 23.3 Å². The van der Waals surface area contributed by atoms with E-state index in [9.17, 15) is 14.7 Å². The van der Waals surface area contributed by atoms with E-state index in [2.05, 4.69) is 63.9 Å². The van der Waals surface area contributed by atoms with E-state index in [0.717, 1.165) is 72.6 Å². The van der Waals surface area contributed by atoms with Gasteiger partial charge in [-0.15, -0.1) is 0 Å². The molecule has 1 unspecified atom stereocenters. The number of nitrogens with zero attached hydrogens (tertiary/aromatic N) is 6. The lowest BCUT2D eigenvalue weighted by molar-refractivity contribution is 0.0635. The number of likely N-dealkylation sites (tertiary alicyclic amines) is 1. The summed E-state index contributed by atoms with van der Waals surface area (Å²) in [5, 5.41) is 10.0. The number of imidazole rings is 1. The van der Waals surface area contributed by atoms with Crippen LogP contribution in [0.15, 0.2) is 91.2 Å². The number of carbonyl (C=O) groups excluding carboxylic acids is 2. The number of piperidine rings is 1. The van der Waals surface area contributed by atoms with Crippen LogP contribution in [-0.2, 0) is 6.54 Å². The van der Waals surface area contributed by atoms with Crippen molar-refractivity contribution in [3.8, 4) is 22.8 Å². The third kappa shape index (κ3) is 6.47. The van der Waals surface area contributed by atoms with Gasteiger partial charge in [0, 0.05) is 50.2 Å². The molecule has 49 heavy (non-hydrogen) atoms. The Morgan fingerprint density at radius 1 is 1.06 bits per heavy atom. The van der Waals surface area contributed by atoms with Crippen molar-refractivity contribution < 1.29 is 14.7 Å². The molecule has 1 aliphatic carbocycles. The number of fused-ring (bicyclic) bond motifs is 1. The molecule has 1 atom stereocenters. The number of aromatic hydroxyl groups is 1. The second kappa shape index (κ2) is 13.5. The first-order valence-corrected chi connectivity index (χ1v) is 16.6. The molecule has 0 saturated carbocycles. The lowest BCUT2D eigenvalue weighted by Gasteiger charge is -2.37. The van der Waals surface area contributed by atoms with Crippen LogP contribution >= 0.6 is 0 Å². The number of phenols is 1. The van der Waals surface area contributed by atoms with E-state index in [1.807, 2.05) is 24.3 Å². The summed E-state index contributed by atoms with van der Waals surface area (Å²) < 4.78 is 2.07. The van der Waals surface area contributed by atoms with Crippen LogP contribution in [0.1, 0.15) is 58.2 Å². The van der Waals surface area contributed by atoms with Crippen molar-refractivity contribution in [1.29, 1.82) is 0 Å². The summed E-state index contributed by atoms with van der Waals surface area (Å²) in [7, 11) is 1.81. The first-order chi connectivity index (χ1) is 23.8. The van der Waals surface area contributed by atoms with Gasteiger partial charge in [0.15, 0.2) is 17.8 Å². The van der Waals surface area contributed by atoms with Crippen LogP contribution in [-0.4, -0.2) is 72.8 Å². The molecular weight excluding hydrogens is 614 g/mol. The van der Waals surface area contributed by atoms with Crippen LogP contribution in [0.5, 0.6) is 5.75 Å². The number of carbonyl (C=O) groups is 2. The average molecular weight is 654 g/mol. The van der Waals surface area contributed by atoms with E-state index in [1.165, 1.54) is 17.7 Å². The highest BCUT2D eigenvalue weighted by atomic mass is 16.3. The highest BCUT2D eigenvalue weighted by Crippen LogP contribution is 2.32. The molecule has 0 spiro atoms. The first-order valence-electron chi connectivity index (χ1n) is 16.6. The molecule has 10 heteroatoms. The largest absolute Gasteiger partial charge is 0.507 e. The Hall–Kier alpha value is -5.61. The predicted molar refractivity (Wildman–Crippen MR) is 191 cm³/mol. The Balaban J connectivity index is 1.09. The maximum absolute atomic E-state index is 13.1. The molecule has 4 heterocycles. The number of aromatic nitrogens is 4. The Morgan fingerprint density at radius 3 is 2.55 bits per heavy atom. The molecule has 248 valence electrons. The number of hydrogen-bond acceptors (Lipinski definition) is 8. The number of amides is 1. The van der Waals surface area contributed by atoms with Gasteiger partial charge in [-0.3, -0.25) is 19.1 Å². The van der Waals surface area contributed by atoms with E-state index < -0.39 is 0 Å². The number of pyridine rings is 2. The molecule has 0 bridgehead atoms. The monoisotopic (exact) mass is 653 g/mol. The zero-order valence-electron chi connectivity index (χ0n) is 27.7. The molecule has 5 aromatic rings. The van der Waals surface area contributed by atoms with Crippen molar-refractivity contribution >= 4 is 34.7 Å². The number of benzene rings is 2. The minimum Gasteiger partial charge on any atom is -0.507 e. The van der Waals surface area contributed by atoms with Crippen LogP contribution in [0.4, 0.5) is 5.82 Å². The zero-order chi connectivity index (χ0) is 34.1. The normalized spacial score (nSPS) is 16.9. The van der Waals surface area contributed by atoms with Crippen molar-refractivity contribution in [3.05, 3.63) is 114 Å². The van der Waals surface area contributed by atoms with Crippen molar-refractivity contribution in [3.63, 3.8) is 0 Å². The van der Waals surface area contributed by atoms with Gasteiger partial charge >= 0.3 is 0 Å². The van der Waals surface area contributed by atoms with Crippen LogP contribution in [0, 0.1) is 5.92 Å². The number of nitrogens with two attached hydrogens (primary N) is 1. The van der Waals surface area contributed by atoms with E-state index in [1.54, 1.807) is 24.2 Å². The summed E-state index contributed by atoms with van der Waals surface area (Å²) in [6.45, 7) is 4.71. The fourth-order valence-electron chi connectivity index (χ4n) is 6.69. The Labute approximate surface area is 285 Å². The average Bonchev–Trinajstić information content (AvgIpc) is 3.50. The molecular formula is C39H39N7O3. The van der Waals surface area contributed by atoms with Gasteiger partial charge in [-0.25, -0.2) is 15.0 Å². The second-order valence-electron chi connectivity index (χ2n) is 13.0. The number of phenolic OH excluding ortho intramolecular Hbond substituents is 1. The number of allylic oxidation sites excluding steroid dienone is 4. The summed E-state index contributed by atoms with van der Waals surface area (Å²) in [4.78, 5) is 42.7. The molecule has 2 aliphatic rings. The van der Waals surface area contributed by atoms with Gasteiger partial charge in [-0.2, -0.15) is 0 Å². The molecule has 3 aromatic heterocycles. The fraction of sp³-hybridized carbons (Fsp3) is 0.256. The van der Waals surface area contributed by atoms with Gasteiger partial charge in [0.1, 0.15) is 17.1 Å². The molecule has 1 aliphatic heterocycles. The second-order valence-corrected chi connectivity index (χ2v) is 13.0. The Bertz CT molecular complexity index is 2090. The minimum absolute atomic E-state index is 0.0903. The van der Waals surface area contributed by atoms with E-state index >= 15 is 0 Å². The van der Waals surface area contributed by atoms with E-state index in [0.29, 0.717) is 29.4 Å². The van der Waals surface area contributed by atoms with Gasteiger partial charge in [0.25, 0.3) is 5.91 Å². The number of nitrogen functional groups attached to an aromatic ring is 1. The number of aldehydes is 1. The molecule has 3 N–H and O–H groups in total. The summed E-state index contributed by atoms with van der Waals surface area (Å²) in [6.07, 6.45) is 11.5. The van der Waals surface area contributed by atoms with Crippen molar-refractivity contribution in [1.82, 2.24) is 29.3 Å². The van der Waals surface area contributed by atoms with Gasteiger partial charge < -0.3 is 15.7 Å². The fourth-order valence-corrected chi connectivity index (χ4v) is 6.69. The molecule has 1 amide bonds. The Morgan fingerprint density at radius 2 is 1.86 bits per heavy atom. The van der Waals surface area contributed by atoms with Crippen LogP contribution in [0.25, 0.3) is 33.8 Å². The highest BCUT2D eigenvalue weighted by molar-refractivity contribution is 5.96. The number of rotatable bonds is 8. The van der Waals surface area contributed by atoms with Crippen LogP contribution in [0.3, 0.4) is 0 Å². The first kappa shape index (κ1) is 32.0. The number of hydrogen-bond donors (Lipinski definition) is 2. The summed E-state index contributed by atoms with van der Waals surface area (Å²) in [5.74, 6) is 1.27. The van der Waals surface area contributed by atoms with Gasteiger partial charge in [-0.1, -0.05) is 37.3 Å². The number of anilines is 1. The van der Waals surface area contributed by atoms with Crippen LogP contribution < -0.4 is 5.73 Å². The Kier molecular flexibility index (Phi) is 8.79.